The number of hydrogen-bond donors (Lipinski definition) is 0. The fourth-order valence-corrected chi connectivity index (χ4v) is 3.72. The number of rotatable bonds is 5. The van der Waals surface area contributed by atoms with Gasteiger partial charge >= 0.3 is 0 Å². The summed E-state index contributed by atoms with van der Waals surface area (Å²) in [4.78, 5) is 14.7. The average Bonchev–Trinajstić information content (AvgIpc) is 3.10. The summed E-state index contributed by atoms with van der Waals surface area (Å²) in [5.74, 6) is 0.865. The van der Waals surface area contributed by atoms with Gasteiger partial charge in [0.15, 0.2) is 5.82 Å². The molecule has 146 valence electrons. The van der Waals surface area contributed by atoms with Gasteiger partial charge in [0.05, 0.1) is 28.1 Å². The summed E-state index contributed by atoms with van der Waals surface area (Å²) in [5.41, 5.74) is 8.37. The van der Waals surface area contributed by atoms with Crippen molar-refractivity contribution in [2.45, 2.75) is 33.6 Å². The highest BCUT2D eigenvalue weighted by Crippen LogP contribution is 2.27. The molecule has 0 aliphatic heterocycles. The van der Waals surface area contributed by atoms with E-state index in [4.69, 9.17) is 15.0 Å². The van der Waals surface area contributed by atoms with E-state index in [-0.39, 0.29) is 0 Å². The number of aromatic nitrogens is 3. The molecular weight excluding hydrogens is 356 g/mol. The lowest BCUT2D eigenvalue weighted by atomic mass is 10.0. The summed E-state index contributed by atoms with van der Waals surface area (Å²) < 4.78 is 2.09. The van der Waals surface area contributed by atoms with Crippen molar-refractivity contribution in [1.82, 2.24) is 14.5 Å². The van der Waals surface area contributed by atoms with Gasteiger partial charge in [0.1, 0.15) is 5.69 Å². The molecule has 0 N–H and O–H groups in total. The van der Waals surface area contributed by atoms with E-state index < -0.39 is 0 Å². The molecule has 0 aliphatic rings. The second kappa shape index (κ2) is 8.00. The van der Waals surface area contributed by atoms with E-state index in [0.717, 1.165) is 52.5 Å². The number of benzene rings is 2. The van der Waals surface area contributed by atoms with Gasteiger partial charge in [-0.2, -0.15) is 0 Å². The monoisotopic (exact) mass is 382 g/mol. The molecular formula is C25H26N4. The van der Waals surface area contributed by atoms with Crippen LogP contribution in [-0.2, 0) is 19.9 Å². The van der Waals surface area contributed by atoms with Crippen LogP contribution in [0.5, 0.6) is 0 Å². The molecule has 0 bridgehead atoms. The van der Waals surface area contributed by atoms with Gasteiger partial charge in [-0.3, -0.25) is 4.99 Å². The number of imidazole rings is 1. The van der Waals surface area contributed by atoms with Crippen LogP contribution in [0.15, 0.2) is 65.7 Å². The maximum atomic E-state index is 5.00. The van der Waals surface area contributed by atoms with Crippen LogP contribution in [0.25, 0.3) is 22.6 Å². The van der Waals surface area contributed by atoms with E-state index in [2.05, 4.69) is 42.7 Å². The second-order valence-electron chi connectivity index (χ2n) is 7.22. The van der Waals surface area contributed by atoms with Crippen molar-refractivity contribution in [3.8, 4) is 11.5 Å². The number of nitrogens with zero attached hydrogens (tertiary/aromatic N) is 4. The van der Waals surface area contributed by atoms with Crippen LogP contribution >= 0.6 is 0 Å². The number of para-hydroxylation sites is 3. The zero-order chi connectivity index (χ0) is 20.4. The van der Waals surface area contributed by atoms with Gasteiger partial charge in [0.2, 0.25) is 0 Å². The molecule has 29 heavy (non-hydrogen) atoms. The molecule has 2 heterocycles. The van der Waals surface area contributed by atoms with Gasteiger partial charge in [-0.1, -0.05) is 50.2 Å². The van der Waals surface area contributed by atoms with Crippen molar-refractivity contribution >= 4 is 22.4 Å². The fourth-order valence-electron chi connectivity index (χ4n) is 3.72. The maximum Gasteiger partial charge on any atom is 0.159 e. The average molecular weight is 383 g/mol. The van der Waals surface area contributed by atoms with E-state index in [1.165, 1.54) is 11.1 Å². The third-order valence-corrected chi connectivity index (χ3v) is 5.38. The quantitative estimate of drug-likeness (QED) is 0.403. The first-order chi connectivity index (χ1) is 14.1. The number of hydrogen-bond acceptors (Lipinski definition) is 3. The van der Waals surface area contributed by atoms with Crippen LogP contribution in [0, 0.1) is 0 Å². The fraction of sp³-hybridized carbons (Fsp3) is 0.240. The Morgan fingerprint density at radius 2 is 1.55 bits per heavy atom. The van der Waals surface area contributed by atoms with E-state index in [9.17, 15) is 0 Å². The van der Waals surface area contributed by atoms with Crippen molar-refractivity contribution in [3.63, 3.8) is 0 Å². The molecule has 2 aromatic carbocycles. The first kappa shape index (κ1) is 19.1. The zero-order valence-electron chi connectivity index (χ0n) is 17.5. The number of pyridine rings is 1. The molecule has 4 nitrogen and oxygen atoms in total. The summed E-state index contributed by atoms with van der Waals surface area (Å²) in [6, 6.07) is 20.7. The second-order valence-corrected chi connectivity index (χ2v) is 7.22. The number of aliphatic imine (C=N–C) groups is 1. The van der Waals surface area contributed by atoms with Crippen molar-refractivity contribution < 1.29 is 0 Å². The predicted molar refractivity (Wildman–Crippen MR) is 121 cm³/mol. The Kier molecular flexibility index (Phi) is 5.26. The molecule has 0 spiro atoms. The lowest BCUT2D eigenvalue weighted by molar-refractivity contribution is 0.949. The molecule has 0 saturated carbocycles. The first-order valence-electron chi connectivity index (χ1n) is 10.2. The molecule has 0 atom stereocenters. The molecule has 0 unspecified atom stereocenters. The molecule has 0 saturated heterocycles. The standard InChI is InChI=1S/C25H26N4/c1-5-18-11-9-12-19(6-2)24(18)26-17(3)20-14-10-15-22(27-20)25-28-21-13-7-8-16-23(21)29(25)4/h7-16H,5-6H2,1-4H3. The Morgan fingerprint density at radius 1 is 0.862 bits per heavy atom. The van der Waals surface area contributed by atoms with Crippen molar-refractivity contribution in [1.29, 1.82) is 0 Å². The maximum absolute atomic E-state index is 5.00. The number of aryl methyl sites for hydroxylation is 3. The summed E-state index contributed by atoms with van der Waals surface area (Å²) >= 11 is 0. The Morgan fingerprint density at radius 3 is 2.24 bits per heavy atom. The molecule has 2 aromatic heterocycles. The Bertz CT molecular complexity index is 1180. The lowest BCUT2D eigenvalue weighted by Crippen LogP contribution is -2.02. The topological polar surface area (TPSA) is 43.1 Å². The normalized spacial score (nSPS) is 11.9. The number of fused-ring (bicyclic) bond motifs is 1. The molecule has 4 heteroatoms. The van der Waals surface area contributed by atoms with Crippen molar-refractivity contribution in [2.24, 2.45) is 12.0 Å². The smallest absolute Gasteiger partial charge is 0.159 e. The van der Waals surface area contributed by atoms with Crippen molar-refractivity contribution in [3.05, 3.63) is 77.5 Å². The van der Waals surface area contributed by atoms with Crippen molar-refractivity contribution in [2.75, 3.05) is 0 Å². The minimum Gasteiger partial charge on any atom is -0.326 e. The molecule has 0 radical (unpaired) electrons. The first-order valence-corrected chi connectivity index (χ1v) is 10.2. The summed E-state index contributed by atoms with van der Waals surface area (Å²) in [7, 11) is 2.03. The largest absolute Gasteiger partial charge is 0.326 e. The highest BCUT2D eigenvalue weighted by molar-refractivity contribution is 5.99. The van der Waals surface area contributed by atoms with Gasteiger partial charge < -0.3 is 4.57 Å². The van der Waals surface area contributed by atoms with Gasteiger partial charge in [-0.15, -0.1) is 0 Å². The van der Waals surface area contributed by atoms with E-state index in [1.54, 1.807) is 0 Å². The Labute approximate surface area is 172 Å². The van der Waals surface area contributed by atoms with Crippen LogP contribution in [0.2, 0.25) is 0 Å². The predicted octanol–water partition coefficient (Wildman–Crippen LogP) is 5.90. The minimum atomic E-state index is 0.857. The Balaban J connectivity index is 1.78. The van der Waals surface area contributed by atoms with Crippen LogP contribution in [0.4, 0.5) is 5.69 Å². The van der Waals surface area contributed by atoms with E-state index in [1.807, 2.05) is 50.4 Å². The molecule has 0 fully saturated rings. The third-order valence-electron chi connectivity index (χ3n) is 5.38. The van der Waals surface area contributed by atoms with Gasteiger partial charge in [0.25, 0.3) is 0 Å². The molecule has 0 amide bonds. The van der Waals surface area contributed by atoms with Gasteiger partial charge in [-0.25, -0.2) is 9.97 Å². The highest BCUT2D eigenvalue weighted by Gasteiger charge is 2.12. The van der Waals surface area contributed by atoms with Gasteiger partial charge in [-0.05, 0) is 55.2 Å². The van der Waals surface area contributed by atoms with E-state index >= 15 is 0 Å². The molecule has 4 rings (SSSR count). The molecule has 0 aliphatic carbocycles. The van der Waals surface area contributed by atoms with E-state index in [0.29, 0.717) is 0 Å². The Hall–Kier alpha value is -3.27. The zero-order valence-corrected chi connectivity index (χ0v) is 17.5. The third kappa shape index (κ3) is 3.58. The van der Waals surface area contributed by atoms with Gasteiger partial charge in [0, 0.05) is 7.05 Å². The highest BCUT2D eigenvalue weighted by atomic mass is 15.1. The lowest BCUT2D eigenvalue weighted by Gasteiger charge is -2.10. The van der Waals surface area contributed by atoms with Crippen LogP contribution in [0.3, 0.4) is 0 Å². The summed E-state index contributed by atoms with van der Waals surface area (Å²) in [5, 5.41) is 0. The SMILES string of the molecule is CCc1cccc(CC)c1N=C(C)c1cccc(-c2nc3ccccc3n2C)n1. The molecule has 4 aromatic rings. The summed E-state index contributed by atoms with van der Waals surface area (Å²) in [6.45, 7) is 6.38. The summed E-state index contributed by atoms with van der Waals surface area (Å²) in [6.07, 6.45) is 1.93. The minimum absolute atomic E-state index is 0.857. The van der Waals surface area contributed by atoms with Crippen LogP contribution < -0.4 is 0 Å². The van der Waals surface area contributed by atoms with Crippen LogP contribution in [-0.4, -0.2) is 20.2 Å². The van der Waals surface area contributed by atoms with Crippen LogP contribution in [0.1, 0.15) is 37.6 Å².